The number of hydrogen-bond donors (Lipinski definition) is 0. The molecule has 1 atom stereocenters. The molecule has 1 aliphatic rings. The van der Waals surface area contributed by atoms with E-state index in [9.17, 15) is 14.0 Å². The molecule has 2 heterocycles. The molecular formula is C21H20FN3O2. The summed E-state index contributed by atoms with van der Waals surface area (Å²) < 4.78 is 14.4. The summed E-state index contributed by atoms with van der Waals surface area (Å²) in [5.74, 6) is -0.442. The number of amides is 1. The third kappa shape index (κ3) is 3.23. The maximum Gasteiger partial charge on any atom is 0.275 e. The van der Waals surface area contributed by atoms with Crippen LogP contribution in [0.5, 0.6) is 0 Å². The Hall–Kier alpha value is -3.02. The SMILES string of the molecule is Cc1nn(CC(=O)N2CCCC2c2ccc(F)cc2)c(=O)c2ccccc12. The zero-order valence-corrected chi connectivity index (χ0v) is 15.1. The molecule has 1 aromatic heterocycles. The van der Waals surface area contributed by atoms with Crippen LogP contribution in [-0.2, 0) is 11.3 Å². The van der Waals surface area contributed by atoms with Crippen LogP contribution < -0.4 is 5.56 Å². The van der Waals surface area contributed by atoms with Crippen molar-refractivity contribution in [3.63, 3.8) is 0 Å². The highest BCUT2D eigenvalue weighted by molar-refractivity contribution is 5.83. The standard InChI is InChI=1S/C21H20FN3O2/c1-14-17-5-2-3-6-18(17)21(27)25(23-14)13-20(26)24-12-4-7-19(24)15-8-10-16(22)11-9-15/h2-3,5-6,8-11,19H,4,7,12-13H2,1H3. The number of hydrogen-bond acceptors (Lipinski definition) is 3. The monoisotopic (exact) mass is 365 g/mol. The first kappa shape index (κ1) is 17.4. The number of aryl methyl sites for hydroxylation is 1. The molecule has 0 saturated carbocycles. The van der Waals surface area contributed by atoms with Crippen molar-refractivity contribution >= 4 is 16.7 Å². The topological polar surface area (TPSA) is 55.2 Å². The first-order chi connectivity index (χ1) is 13.0. The summed E-state index contributed by atoms with van der Waals surface area (Å²) in [5.41, 5.74) is 1.37. The highest BCUT2D eigenvalue weighted by atomic mass is 19.1. The lowest BCUT2D eigenvalue weighted by atomic mass is 10.0. The second kappa shape index (κ2) is 6.95. The van der Waals surface area contributed by atoms with Crippen LogP contribution in [0.15, 0.2) is 53.3 Å². The van der Waals surface area contributed by atoms with Gasteiger partial charge in [0.25, 0.3) is 5.56 Å². The second-order valence-electron chi connectivity index (χ2n) is 6.89. The van der Waals surface area contributed by atoms with Gasteiger partial charge >= 0.3 is 0 Å². The zero-order valence-electron chi connectivity index (χ0n) is 15.1. The molecule has 27 heavy (non-hydrogen) atoms. The van der Waals surface area contributed by atoms with Crippen LogP contribution in [-0.4, -0.2) is 27.1 Å². The van der Waals surface area contributed by atoms with E-state index < -0.39 is 0 Å². The van der Waals surface area contributed by atoms with Crippen LogP contribution in [0.3, 0.4) is 0 Å². The molecule has 0 spiro atoms. The van der Waals surface area contributed by atoms with Gasteiger partial charge in [-0.2, -0.15) is 5.10 Å². The number of nitrogens with zero attached hydrogens (tertiary/aromatic N) is 3. The lowest BCUT2D eigenvalue weighted by Crippen LogP contribution is -2.37. The first-order valence-electron chi connectivity index (χ1n) is 9.06. The highest BCUT2D eigenvalue weighted by Crippen LogP contribution is 2.32. The summed E-state index contributed by atoms with van der Waals surface area (Å²) in [7, 11) is 0. The van der Waals surface area contributed by atoms with Crippen molar-refractivity contribution in [1.29, 1.82) is 0 Å². The van der Waals surface area contributed by atoms with Gasteiger partial charge in [-0.1, -0.05) is 30.3 Å². The van der Waals surface area contributed by atoms with E-state index in [1.807, 2.05) is 19.1 Å². The number of halogens is 1. The molecule has 6 heteroatoms. The summed E-state index contributed by atoms with van der Waals surface area (Å²) in [6.45, 7) is 2.37. The molecule has 138 valence electrons. The number of carbonyl (C=O) groups is 1. The Kier molecular flexibility index (Phi) is 4.48. The van der Waals surface area contributed by atoms with E-state index in [4.69, 9.17) is 0 Å². The van der Waals surface area contributed by atoms with Crippen LogP contribution in [0.25, 0.3) is 10.8 Å². The Morgan fingerprint density at radius 1 is 1.15 bits per heavy atom. The molecular weight excluding hydrogens is 345 g/mol. The van der Waals surface area contributed by atoms with Gasteiger partial charge in [0, 0.05) is 11.9 Å². The van der Waals surface area contributed by atoms with Crippen molar-refractivity contribution in [1.82, 2.24) is 14.7 Å². The van der Waals surface area contributed by atoms with E-state index >= 15 is 0 Å². The summed E-state index contributed by atoms with van der Waals surface area (Å²) >= 11 is 0. The van der Waals surface area contributed by atoms with Gasteiger partial charge < -0.3 is 4.90 Å². The Labute approximate surface area is 156 Å². The Bertz CT molecular complexity index is 1060. The van der Waals surface area contributed by atoms with Gasteiger partial charge in [-0.05, 0) is 43.5 Å². The summed E-state index contributed by atoms with van der Waals surface area (Å²) in [4.78, 5) is 27.4. The summed E-state index contributed by atoms with van der Waals surface area (Å²) in [5, 5.41) is 5.70. The second-order valence-corrected chi connectivity index (χ2v) is 6.89. The fraction of sp³-hybridized carbons (Fsp3) is 0.286. The van der Waals surface area contributed by atoms with E-state index in [-0.39, 0.29) is 29.9 Å². The molecule has 0 aliphatic carbocycles. The molecule has 1 aliphatic heterocycles. The fourth-order valence-electron chi connectivity index (χ4n) is 3.83. The average molecular weight is 365 g/mol. The molecule has 0 radical (unpaired) electrons. The Morgan fingerprint density at radius 3 is 2.59 bits per heavy atom. The highest BCUT2D eigenvalue weighted by Gasteiger charge is 2.30. The fourth-order valence-corrected chi connectivity index (χ4v) is 3.83. The van der Waals surface area contributed by atoms with E-state index in [2.05, 4.69) is 5.10 Å². The summed E-state index contributed by atoms with van der Waals surface area (Å²) in [6.07, 6.45) is 1.71. The maximum absolute atomic E-state index is 13.2. The van der Waals surface area contributed by atoms with Gasteiger partial charge in [-0.15, -0.1) is 0 Å². The van der Waals surface area contributed by atoms with Crippen LogP contribution in [0, 0.1) is 12.7 Å². The number of fused-ring (bicyclic) bond motifs is 1. The van der Waals surface area contributed by atoms with Crippen molar-refractivity contribution in [2.24, 2.45) is 0 Å². The number of carbonyl (C=O) groups excluding carboxylic acids is 1. The van der Waals surface area contributed by atoms with Gasteiger partial charge in [0.1, 0.15) is 12.4 Å². The van der Waals surface area contributed by atoms with Crippen LogP contribution >= 0.6 is 0 Å². The van der Waals surface area contributed by atoms with Crippen molar-refractivity contribution in [2.45, 2.75) is 32.4 Å². The summed E-state index contributed by atoms with van der Waals surface area (Å²) in [6, 6.07) is 13.5. The van der Waals surface area contributed by atoms with Gasteiger partial charge in [0.15, 0.2) is 0 Å². The van der Waals surface area contributed by atoms with E-state index in [1.165, 1.54) is 16.8 Å². The third-order valence-electron chi connectivity index (χ3n) is 5.17. The number of benzene rings is 2. The van der Waals surface area contributed by atoms with Gasteiger partial charge in [0.2, 0.25) is 5.91 Å². The Morgan fingerprint density at radius 2 is 1.85 bits per heavy atom. The van der Waals surface area contributed by atoms with E-state index in [0.717, 1.165) is 29.5 Å². The predicted molar refractivity (Wildman–Crippen MR) is 101 cm³/mol. The molecule has 1 unspecified atom stereocenters. The van der Waals surface area contributed by atoms with Gasteiger partial charge in [-0.25, -0.2) is 9.07 Å². The van der Waals surface area contributed by atoms with Gasteiger partial charge in [-0.3, -0.25) is 9.59 Å². The average Bonchev–Trinajstić information content (AvgIpc) is 3.16. The molecule has 1 amide bonds. The van der Waals surface area contributed by atoms with Crippen molar-refractivity contribution in [3.05, 3.63) is 76.0 Å². The minimum atomic E-state index is -0.294. The lowest BCUT2D eigenvalue weighted by Gasteiger charge is -2.25. The molecule has 0 N–H and O–H groups in total. The molecule has 3 aromatic rings. The first-order valence-corrected chi connectivity index (χ1v) is 9.06. The van der Waals surface area contributed by atoms with Crippen LogP contribution in [0.4, 0.5) is 4.39 Å². The molecule has 4 rings (SSSR count). The minimum Gasteiger partial charge on any atom is -0.334 e. The van der Waals surface area contributed by atoms with E-state index in [0.29, 0.717) is 11.9 Å². The van der Waals surface area contributed by atoms with Crippen LogP contribution in [0.1, 0.15) is 30.1 Å². The number of rotatable bonds is 3. The maximum atomic E-state index is 13.2. The number of aromatic nitrogens is 2. The van der Waals surface area contributed by atoms with Gasteiger partial charge in [0.05, 0.1) is 17.1 Å². The molecule has 5 nitrogen and oxygen atoms in total. The zero-order chi connectivity index (χ0) is 19.0. The predicted octanol–water partition coefficient (Wildman–Crippen LogP) is 3.21. The molecule has 2 aromatic carbocycles. The molecule has 1 saturated heterocycles. The van der Waals surface area contributed by atoms with E-state index in [1.54, 1.807) is 29.2 Å². The number of likely N-dealkylation sites (tertiary alicyclic amines) is 1. The molecule has 1 fully saturated rings. The molecule has 0 bridgehead atoms. The largest absolute Gasteiger partial charge is 0.334 e. The van der Waals surface area contributed by atoms with Crippen molar-refractivity contribution < 1.29 is 9.18 Å². The Balaban J connectivity index is 1.62. The quantitative estimate of drug-likeness (QED) is 0.716. The smallest absolute Gasteiger partial charge is 0.275 e. The minimum absolute atomic E-state index is 0.0876. The normalized spacial score (nSPS) is 16.8. The van der Waals surface area contributed by atoms with Crippen molar-refractivity contribution in [2.75, 3.05) is 6.54 Å². The van der Waals surface area contributed by atoms with Crippen molar-refractivity contribution in [3.8, 4) is 0 Å². The van der Waals surface area contributed by atoms with Crippen LogP contribution in [0.2, 0.25) is 0 Å². The lowest BCUT2D eigenvalue weighted by molar-refractivity contribution is -0.133. The third-order valence-corrected chi connectivity index (χ3v) is 5.17.